The third-order valence-corrected chi connectivity index (χ3v) is 4.72. The van der Waals surface area contributed by atoms with E-state index in [0.29, 0.717) is 28.2 Å². The summed E-state index contributed by atoms with van der Waals surface area (Å²) in [6.45, 7) is 15.4. The van der Waals surface area contributed by atoms with Gasteiger partial charge in [0, 0.05) is 11.1 Å². The van der Waals surface area contributed by atoms with Gasteiger partial charge in [0.2, 0.25) is 0 Å². The van der Waals surface area contributed by atoms with Crippen molar-refractivity contribution in [2.24, 2.45) is 0 Å². The quantitative estimate of drug-likeness (QED) is 0.0962. The Labute approximate surface area is 215 Å². The van der Waals surface area contributed by atoms with E-state index in [1.165, 1.54) is 19.1 Å². The summed E-state index contributed by atoms with van der Waals surface area (Å²) in [5.74, 6) is -1.53. The lowest BCUT2D eigenvalue weighted by molar-refractivity contribution is -0.139. The Morgan fingerprint density at radius 2 is 1.38 bits per heavy atom. The van der Waals surface area contributed by atoms with Gasteiger partial charge in [-0.05, 0) is 61.7 Å². The number of esters is 2. The highest BCUT2D eigenvalue weighted by Crippen LogP contribution is 2.34. The molecular weight excluding hydrogens is 483 g/mol. The first-order valence-corrected chi connectivity index (χ1v) is 11.3. The number of benzene rings is 2. The molecule has 0 radical (unpaired) electrons. The van der Waals surface area contributed by atoms with Crippen LogP contribution in [0.3, 0.4) is 0 Å². The van der Waals surface area contributed by atoms with Crippen molar-refractivity contribution in [1.82, 2.24) is 0 Å². The molecule has 9 heteroatoms. The molecule has 37 heavy (non-hydrogen) atoms. The molecule has 2 aromatic carbocycles. The standard InChI is InChI=1S/C28H31FO8/c1-17(2)26(30)35-13-11-33-24-10-8-21(16-25(24)34-12-14-36-27(31)18(3)4)20-7-9-23(22(29)15-20)37-28(32)19(5)6/h7-10,15-16,27,31H,1,3,5,11-14H2,2,4,6H3. The molecule has 0 aliphatic carbocycles. The van der Waals surface area contributed by atoms with E-state index < -0.39 is 24.0 Å². The van der Waals surface area contributed by atoms with Crippen molar-refractivity contribution in [3.63, 3.8) is 0 Å². The molecule has 0 aliphatic rings. The van der Waals surface area contributed by atoms with Gasteiger partial charge in [0.25, 0.3) is 0 Å². The number of hydrogen-bond acceptors (Lipinski definition) is 8. The SMILES string of the molecule is C=C(C)C(=O)OCCOc1ccc(-c2ccc(OC(=O)C(=C)C)c(F)c2)cc1OCCOC(O)C(=C)C. The van der Waals surface area contributed by atoms with Gasteiger partial charge in [0.15, 0.2) is 29.4 Å². The van der Waals surface area contributed by atoms with Crippen LogP contribution in [0.25, 0.3) is 11.1 Å². The number of aliphatic hydroxyl groups excluding tert-OH is 1. The molecule has 1 N–H and O–H groups in total. The Morgan fingerprint density at radius 1 is 0.811 bits per heavy atom. The summed E-state index contributed by atoms with van der Waals surface area (Å²) in [5, 5.41) is 9.71. The van der Waals surface area contributed by atoms with Crippen LogP contribution in [0.2, 0.25) is 0 Å². The monoisotopic (exact) mass is 514 g/mol. The minimum absolute atomic E-state index is 0.00359. The van der Waals surface area contributed by atoms with Gasteiger partial charge in [-0.2, -0.15) is 0 Å². The van der Waals surface area contributed by atoms with E-state index in [4.69, 9.17) is 23.7 Å². The van der Waals surface area contributed by atoms with Crippen LogP contribution in [0.1, 0.15) is 20.8 Å². The summed E-state index contributed by atoms with van der Waals surface area (Å²) in [6, 6.07) is 9.12. The van der Waals surface area contributed by atoms with Gasteiger partial charge in [-0.15, -0.1) is 0 Å². The van der Waals surface area contributed by atoms with Gasteiger partial charge < -0.3 is 28.8 Å². The highest BCUT2D eigenvalue weighted by Gasteiger charge is 2.14. The lowest BCUT2D eigenvalue weighted by Gasteiger charge is -2.16. The van der Waals surface area contributed by atoms with E-state index in [1.54, 1.807) is 38.1 Å². The third kappa shape index (κ3) is 9.21. The lowest BCUT2D eigenvalue weighted by atomic mass is 10.0. The van der Waals surface area contributed by atoms with E-state index in [0.717, 1.165) is 0 Å². The molecule has 0 saturated heterocycles. The molecule has 0 heterocycles. The average molecular weight is 515 g/mol. The van der Waals surface area contributed by atoms with Gasteiger partial charge in [-0.25, -0.2) is 14.0 Å². The maximum atomic E-state index is 14.6. The first-order chi connectivity index (χ1) is 17.5. The zero-order valence-electron chi connectivity index (χ0n) is 21.2. The van der Waals surface area contributed by atoms with Crippen LogP contribution >= 0.6 is 0 Å². The Bertz CT molecular complexity index is 1170. The van der Waals surface area contributed by atoms with Crippen molar-refractivity contribution in [3.05, 3.63) is 78.7 Å². The number of rotatable bonds is 14. The third-order valence-electron chi connectivity index (χ3n) is 4.72. The molecule has 1 unspecified atom stereocenters. The van der Waals surface area contributed by atoms with E-state index >= 15 is 0 Å². The smallest absolute Gasteiger partial charge is 0.338 e. The van der Waals surface area contributed by atoms with Crippen LogP contribution in [0.4, 0.5) is 4.39 Å². The van der Waals surface area contributed by atoms with Crippen molar-refractivity contribution < 1.29 is 42.8 Å². The fourth-order valence-electron chi connectivity index (χ4n) is 2.73. The molecule has 2 aromatic rings. The maximum Gasteiger partial charge on any atom is 0.338 e. The summed E-state index contributed by atoms with van der Waals surface area (Å²) in [7, 11) is 0. The van der Waals surface area contributed by atoms with Crippen molar-refractivity contribution in [2.45, 2.75) is 27.1 Å². The Hall–Kier alpha value is -3.95. The zero-order chi connectivity index (χ0) is 27.5. The summed E-state index contributed by atoms with van der Waals surface area (Å²) in [4.78, 5) is 23.2. The summed E-state index contributed by atoms with van der Waals surface area (Å²) in [5.41, 5.74) is 1.96. The van der Waals surface area contributed by atoms with Crippen LogP contribution in [0, 0.1) is 5.82 Å². The van der Waals surface area contributed by atoms with Gasteiger partial charge in [0.05, 0.1) is 6.61 Å². The number of carbonyl (C=O) groups excluding carboxylic acids is 2. The summed E-state index contributed by atoms with van der Waals surface area (Å²) in [6.07, 6.45) is -1.12. The molecule has 198 valence electrons. The highest BCUT2D eigenvalue weighted by atomic mass is 19.1. The predicted molar refractivity (Wildman–Crippen MR) is 136 cm³/mol. The Kier molecular flexibility index (Phi) is 11.0. The first kappa shape index (κ1) is 29.3. The molecule has 0 amide bonds. The second-order valence-electron chi connectivity index (χ2n) is 8.16. The molecule has 0 aromatic heterocycles. The maximum absolute atomic E-state index is 14.6. The van der Waals surface area contributed by atoms with Crippen LogP contribution < -0.4 is 14.2 Å². The van der Waals surface area contributed by atoms with Crippen molar-refractivity contribution >= 4 is 11.9 Å². The van der Waals surface area contributed by atoms with Gasteiger partial charge in [-0.3, -0.25) is 0 Å². The predicted octanol–water partition coefficient (Wildman–Crippen LogP) is 4.76. The minimum atomic E-state index is -1.12. The van der Waals surface area contributed by atoms with E-state index in [2.05, 4.69) is 19.7 Å². The topological polar surface area (TPSA) is 101 Å². The van der Waals surface area contributed by atoms with Crippen LogP contribution in [0.5, 0.6) is 17.2 Å². The second kappa shape index (κ2) is 14.0. The minimum Gasteiger partial charge on any atom is -0.487 e. The number of aliphatic hydroxyl groups is 1. The zero-order valence-corrected chi connectivity index (χ0v) is 21.2. The molecule has 0 spiro atoms. The largest absolute Gasteiger partial charge is 0.487 e. The second-order valence-corrected chi connectivity index (χ2v) is 8.16. The summed E-state index contributed by atoms with van der Waals surface area (Å²) < 4.78 is 41.3. The van der Waals surface area contributed by atoms with E-state index in [9.17, 15) is 19.1 Å². The van der Waals surface area contributed by atoms with Crippen LogP contribution in [-0.4, -0.2) is 49.8 Å². The van der Waals surface area contributed by atoms with Crippen LogP contribution in [0.15, 0.2) is 72.9 Å². The fourth-order valence-corrected chi connectivity index (χ4v) is 2.73. The molecule has 0 fully saturated rings. The Balaban J connectivity index is 2.19. The van der Waals surface area contributed by atoms with E-state index in [1.807, 2.05) is 0 Å². The molecule has 0 saturated carbocycles. The molecule has 0 bridgehead atoms. The first-order valence-electron chi connectivity index (χ1n) is 11.3. The van der Waals surface area contributed by atoms with Gasteiger partial charge in [-0.1, -0.05) is 31.9 Å². The number of carbonyl (C=O) groups is 2. The average Bonchev–Trinajstić information content (AvgIpc) is 2.85. The highest BCUT2D eigenvalue weighted by molar-refractivity contribution is 5.89. The number of ether oxygens (including phenoxy) is 5. The molecule has 0 aliphatic heterocycles. The molecular formula is C28H31FO8. The van der Waals surface area contributed by atoms with Gasteiger partial charge >= 0.3 is 11.9 Å². The van der Waals surface area contributed by atoms with Crippen molar-refractivity contribution in [3.8, 4) is 28.4 Å². The number of halogens is 1. The summed E-state index contributed by atoms with van der Waals surface area (Å²) >= 11 is 0. The van der Waals surface area contributed by atoms with Crippen LogP contribution in [-0.2, 0) is 19.1 Å². The molecule has 8 nitrogen and oxygen atoms in total. The lowest BCUT2D eigenvalue weighted by Crippen LogP contribution is -2.17. The fraction of sp³-hybridized carbons (Fsp3) is 0.286. The normalized spacial score (nSPS) is 11.3. The number of hydrogen-bond donors (Lipinski definition) is 1. The van der Waals surface area contributed by atoms with Crippen molar-refractivity contribution in [1.29, 1.82) is 0 Å². The molecule has 2 rings (SSSR count). The Morgan fingerprint density at radius 3 is 1.97 bits per heavy atom. The van der Waals surface area contributed by atoms with E-state index in [-0.39, 0.29) is 43.3 Å². The molecule has 1 atom stereocenters. The van der Waals surface area contributed by atoms with Crippen molar-refractivity contribution in [2.75, 3.05) is 26.4 Å². The van der Waals surface area contributed by atoms with Gasteiger partial charge in [0.1, 0.15) is 19.8 Å².